The quantitative estimate of drug-likeness (QED) is 0.322. The minimum absolute atomic E-state index is 0. The Morgan fingerprint density at radius 1 is 0.917 bits per heavy atom. The smallest absolute Gasteiger partial charge is 0.224 e. The summed E-state index contributed by atoms with van der Waals surface area (Å²) in [5.74, 6) is 0.512. The van der Waals surface area contributed by atoms with Crippen LogP contribution in [-0.4, -0.2) is 18.2 Å². The van der Waals surface area contributed by atoms with Gasteiger partial charge >= 0.3 is 0 Å². The number of ketones is 1. The zero-order valence-electron chi connectivity index (χ0n) is 22.5. The number of Topliss-reactive ketones (excluding diaryl/α,β-unsaturated/α-hetero) is 1. The molecule has 1 amide bonds. The van der Waals surface area contributed by atoms with Crippen LogP contribution >= 0.6 is 12.4 Å². The second-order valence-corrected chi connectivity index (χ2v) is 10.1. The van der Waals surface area contributed by atoms with Gasteiger partial charge in [0.05, 0.1) is 0 Å². The van der Waals surface area contributed by atoms with Gasteiger partial charge in [-0.3, -0.25) is 9.59 Å². The maximum absolute atomic E-state index is 12.6. The summed E-state index contributed by atoms with van der Waals surface area (Å²) in [6.07, 6.45) is 12.3. The highest BCUT2D eigenvalue weighted by molar-refractivity contribution is 6.05. The van der Waals surface area contributed by atoms with Crippen LogP contribution in [-0.2, 0) is 24.2 Å². The van der Waals surface area contributed by atoms with E-state index in [2.05, 4.69) is 54.8 Å². The number of halogens is 1. The van der Waals surface area contributed by atoms with Crippen molar-refractivity contribution in [2.24, 2.45) is 5.92 Å². The molecule has 4 rings (SSSR count). The summed E-state index contributed by atoms with van der Waals surface area (Å²) in [6, 6.07) is 12.6. The molecule has 0 aromatic heterocycles. The number of nitrogens with one attached hydrogen (secondary N) is 2. The fourth-order valence-electron chi connectivity index (χ4n) is 5.25. The van der Waals surface area contributed by atoms with Gasteiger partial charge in [-0.15, -0.1) is 12.4 Å². The summed E-state index contributed by atoms with van der Waals surface area (Å²) in [5.41, 5.74) is 6.59. The monoisotopic (exact) mass is 512 g/mol. The molecule has 1 atom stereocenters. The largest absolute Gasteiger partial charge is 0.326 e. The van der Waals surface area contributed by atoms with Gasteiger partial charge in [-0.25, -0.2) is 0 Å². The Bertz CT molecular complexity index is 974. The minimum atomic E-state index is 0. The van der Waals surface area contributed by atoms with E-state index in [0.717, 1.165) is 54.7 Å². The van der Waals surface area contributed by atoms with Crippen molar-refractivity contribution in [1.29, 1.82) is 0 Å². The fourth-order valence-corrected chi connectivity index (χ4v) is 5.25. The molecule has 0 bridgehead atoms. The molecule has 36 heavy (non-hydrogen) atoms. The third-order valence-corrected chi connectivity index (χ3v) is 7.37. The maximum atomic E-state index is 12.6. The summed E-state index contributed by atoms with van der Waals surface area (Å²) in [7, 11) is 0. The van der Waals surface area contributed by atoms with Crippen LogP contribution in [0.25, 0.3) is 0 Å². The van der Waals surface area contributed by atoms with Crippen LogP contribution in [0.2, 0.25) is 0 Å². The highest BCUT2D eigenvalue weighted by atomic mass is 35.5. The number of aryl methyl sites for hydroxylation is 1. The molecule has 2 aliphatic rings. The first kappa shape index (κ1) is 30.1. The topological polar surface area (TPSA) is 58.2 Å². The van der Waals surface area contributed by atoms with Crippen LogP contribution in [0, 0.1) is 12.8 Å². The molecule has 198 valence electrons. The van der Waals surface area contributed by atoms with Crippen molar-refractivity contribution in [1.82, 2.24) is 5.32 Å². The number of fused-ring (bicyclic) bond motifs is 3. The molecular weight excluding hydrogens is 468 g/mol. The summed E-state index contributed by atoms with van der Waals surface area (Å²) in [5, 5.41) is 6.41. The number of amides is 1. The van der Waals surface area contributed by atoms with Gasteiger partial charge in [0.15, 0.2) is 5.78 Å². The van der Waals surface area contributed by atoms with Crippen LogP contribution in [0.3, 0.4) is 0 Å². The predicted molar refractivity (Wildman–Crippen MR) is 153 cm³/mol. The number of hydrogen-bond acceptors (Lipinski definition) is 3. The number of benzene rings is 2. The predicted octanol–water partition coefficient (Wildman–Crippen LogP) is 7.59. The standard InChI is InChI=1S/C16H19NO2.C15H25N.ClH/c1-3-10-4-5-11-9(2)8-13-12(15(11)16(10)19)6-7-14(18)17-13;1-2-3-4-5-6-10-13-16-14-15-11-8-7-9-12-15;/h8,10H,3-7H2,1-2H3,(H,17,18);7-9,11-12,16H,2-6,10,13-14H2,1H3;1H. The Hall–Kier alpha value is -2.17. The van der Waals surface area contributed by atoms with E-state index < -0.39 is 0 Å². The number of carbonyl (C=O) groups excluding carboxylic acids is 2. The average molecular weight is 513 g/mol. The molecule has 0 spiro atoms. The summed E-state index contributed by atoms with van der Waals surface area (Å²) in [6.45, 7) is 8.55. The van der Waals surface area contributed by atoms with Gasteiger partial charge in [0.2, 0.25) is 5.91 Å². The van der Waals surface area contributed by atoms with Crippen molar-refractivity contribution in [3.8, 4) is 0 Å². The average Bonchev–Trinajstić information content (AvgIpc) is 2.87. The molecule has 0 saturated heterocycles. The molecule has 4 nitrogen and oxygen atoms in total. The lowest BCUT2D eigenvalue weighted by molar-refractivity contribution is -0.116. The zero-order chi connectivity index (χ0) is 25.0. The second-order valence-electron chi connectivity index (χ2n) is 10.1. The van der Waals surface area contributed by atoms with Crippen molar-refractivity contribution >= 4 is 29.8 Å². The number of rotatable bonds is 10. The lowest BCUT2D eigenvalue weighted by atomic mass is 9.76. The first-order valence-corrected chi connectivity index (χ1v) is 13.8. The Labute approximate surface area is 224 Å². The van der Waals surface area contributed by atoms with Gasteiger partial charge in [-0.05, 0) is 73.9 Å². The molecule has 1 aliphatic carbocycles. The molecule has 0 radical (unpaired) electrons. The molecular formula is C31H45ClN2O2. The molecule has 1 aliphatic heterocycles. The number of hydrogen-bond donors (Lipinski definition) is 2. The fraction of sp³-hybridized carbons (Fsp3) is 0.548. The van der Waals surface area contributed by atoms with Gasteiger partial charge in [-0.1, -0.05) is 76.3 Å². The molecule has 1 heterocycles. The van der Waals surface area contributed by atoms with Gasteiger partial charge in [0.1, 0.15) is 0 Å². The van der Waals surface area contributed by atoms with Crippen LogP contribution in [0.1, 0.15) is 104 Å². The Morgan fingerprint density at radius 2 is 1.64 bits per heavy atom. The SMILES string of the molecule is CCC1CCc2c(C)cc3c(c2C1=O)CCC(=O)N3.CCCCCCCCNCc1ccccc1.Cl. The molecule has 2 aromatic rings. The third-order valence-electron chi connectivity index (χ3n) is 7.37. The van der Waals surface area contributed by atoms with Crippen LogP contribution in [0.5, 0.6) is 0 Å². The lowest BCUT2D eigenvalue weighted by Crippen LogP contribution is -2.28. The number of unbranched alkanes of at least 4 members (excludes halogenated alkanes) is 5. The summed E-state index contributed by atoms with van der Waals surface area (Å²) < 4.78 is 0. The van der Waals surface area contributed by atoms with E-state index >= 15 is 0 Å². The van der Waals surface area contributed by atoms with Crippen molar-refractivity contribution in [3.05, 3.63) is 64.2 Å². The molecule has 2 aromatic carbocycles. The summed E-state index contributed by atoms with van der Waals surface area (Å²) in [4.78, 5) is 24.2. The lowest BCUT2D eigenvalue weighted by Gasteiger charge is -2.29. The van der Waals surface area contributed by atoms with Gasteiger partial charge in [-0.2, -0.15) is 0 Å². The Morgan fingerprint density at radius 3 is 2.36 bits per heavy atom. The van der Waals surface area contributed by atoms with Crippen LogP contribution in [0.4, 0.5) is 5.69 Å². The highest BCUT2D eigenvalue weighted by Crippen LogP contribution is 2.37. The van der Waals surface area contributed by atoms with E-state index in [1.807, 2.05) is 13.0 Å². The van der Waals surface area contributed by atoms with E-state index in [1.54, 1.807) is 0 Å². The molecule has 0 saturated carbocycles. The van der Waals surface area contributed by atoms with Crippen LogP contribution < -0.4 is 10.6 Å². The maximum Gasteiger partial charge on any atom is 0.224 e. The van der Waals surface area contributed by atoms with Crippen molar-refractivity contribution in [2.45, 2.75) is 97.9 Å². The van der Waals surface area contributed by atoms with Gasteiger partial charge < -0.3 is 10.6 Å². The molecule has 5 heteroatoms. The second kappa shape index (κ2) is 15.8. The zero-order valence-corrected chi connectivity index (χ0v) is 23.3. The van der Waals surface area contributed by atoms with Crippen molar-refractivity contribution in [2.75, 3.05) is 11.9 Å². The molecule has 1 unspecified atom stereocenters. The van der Waals surface area contributed by atoms with Crippen molar-refractivity contribution in [3.63, 3.8) is 0 Å². The van der Waals surface area contributed by atoms with Crippen molar-refractivity contribution < 1.29 is 9.59 Å². The van der Waals surface area contributed by atoms with E-state index in [-0.39, 0.29) is 24.2 Å². The number of anilines is 1. The molecule has 0 fully saturated rings. The van der Waals surface area contributed by atoms with Gasteiger partial charge in [0, 0.05) is 30.1 Å². The normalized spacial score (nSPS) is 16.1. The first-order valence-electron chi connectivity index (χ1n) is 13.8. The van der Waals surface area contributed by atoms with E-state index in [9.17, 15) is 9.59 Å². The summed E-state index contributed by atoms with van der Waals surface area (Å²) >= 11 is 0. The minimum Gasteiger partial charge on any atom is -0.326 e. The van der Waals surface area contributed by atoms with Gasteiger partial charge in [0.25, 0.3) is 0 Å². The van der Waals surface area contributed by atoms with E-state index in [4.69, 9.17) is 0 Å². The Kier molecular flexibility index (Phi) is 13.2. The highest BCUT2D eigenvalue weighted by Gasteiger charge is 2.32. The van der Waals surface area contributed by atoms with E-state index in [1.165, 1.54) is 49.7 Å². The Balaban J connectivity index is 0.000000251. The molecule has 2 N–H and O–H groups in total. The first-order chi connectivity index (χ1) is 17.0. The number of carbonyl (C=O) groups is 2. The van der Waals surface area contributed by atoms with Crippen LogP contribution in [0.15, 0.2) is 36.4 Å². The van der Waals surface area contributed by atoms with E-state index in [0.29, 0.717) is 18.6 Å². The third kappa shape index (κ3) is 8.45.